The van der Waals surface area contributed by atoms with Crippen molar-refractivity contribution in [3.63, 3.8) is 0 Å². The molecule has 0 spiro atoms. The Morgan fingerprint density at radius 2 is 2.07 bits per heavy atom. The monoisotopic (exact) mass is 272 g/mol. The van der Waals surface area contributed by atoms with Crippen molar-refractivity contribution in [3.05, 3.63) is 20.6 Å². The van der Waals surface area contributed by atoms with Crippen molar-refractivity contribution in [2.75, 3.05) is 0 Å². The minimum atomic E-state index is 0.646. The number of aromatic nitrogens is 2. The molecule has 0 saturated heterocycles. The molecule has 1 aliphatic carbocycles. The van der Waals surface area contributed by atoms with Gasteiger partial charge >= 0.3 is 0 Å². The van der Waals surface area contributed by atoms with Gasteiger partial charge in [-0.2, -0.15) is 0 Å². The minimum Gasteiger partial charge on any atom is -0.346 e. The smallest absolute Gasteiger partial charge is 0.144 e. The van der Waals surface area contributed by atoms with Gasteiger partial charge in [0.15, 0.2) is 0 Å². The molecule has 76 valence electrons. The predicted molar refractivity (Wildman–Crippen MR) is 63.1 cm³/mol. The lowest BCUT2D eigenvalue weighted by Gasteiger charge is -2.12. The summed E-state index contributed by atoms with van der Waals surface area (Å²) in [5, 5.41) is 0. The molecule has 0 aliphatic heterocycles. The molecule has 1 heterocycles. The van der Waals surface area contributed by atoms with Crippen molar-refractivity contribution < 1.29 is 0 Å². The summed E-state index contributed by atoms with van der Waals surface area (Å²) >= 11 is 8.71. The molecule has 1 fully saturated rings. The van der Waals surface area contributed by atoms with Gasteiger partial charge in [0, 0.05) is 11.6 Å². The molecule has 1 aromatic heterocycles. The van der Waals surface area contributed by atoms with E-state index in [1.165, 1.54) is 31.4 Å². The number of nitrogens with zero attached hydrogens (tertiary/aromatic N) is 1. The molecule has 2 rings (SSSR count). The molecular formula is C10H13BrN2S. The summed E-state index contributed by atoms with van der Waals surface area (Å²) < 4.78 is 1.67. The summed E-state index contributed by atoms with van der Waals surface area (Å²) in [6.45, 7) is 1.96. The van der Waals surface area contributed by atoms with E-state index in [1.807, 2.05) is 6.92 Å². The molecule has 0 radical (unpaired) electrons. The van der Waals surface area contributed by atoms with Gasteiger partial charge in [0.25, 0.3) is 0 Å². The predicted octanol–water partition coefficient (Wildman–Crippen LogP) is 3.87. The number of halogens is 1. The lowest BCUT2D eigenvalue weighted by Crippen LogP contribution is -2.02. The van der Waals surface area contributed by atoms with Crippen molar-refractivity contribution in [1.29, 1.82) is 0 Å². The zero-order valence-corrected chi connectivity index (χ0v) is 10.5. The maximum Gasteiger partial charge on any atom is 0.144 e. The fourth-order valence-electron chi connectivity index (χ4n) is 2.09. The molecule has 1 N–H and O–H groups in total. The van der Waals surface area contributed by atoms with Gasteiger partial charge in [-0.1, -0.05) is 25.1 Å². The zero-order chi connectivity index (χ0) is 10.1. The van der Waals surface area contributed by atoms with E-state index in [9.17, 15) is 0 Å². The Bertz CT molecular complexity index is 394. The highest BCUT2D eigenvalue weighted by atomic mass is 79.9. The second kappa shape index (κ2) is 4.11. The number of aryl methyl sites for hydroxylation is 1. The third-order valence-corrected chi connectivity index (χ3v) is 4.13. The largest absolute Gasteiger partial charge is 0.346 e. The van der Waals surface area contributed by atoms with Crippen LogP contribution < -0.4 is 0 Å². The number of rotatable bonds is 1. The topological polar surface area (TPSA) is 28.7 Å². The van der Waals surface area contributed by atoms with Crippen molar-refractivity contribution in [3.8, 4) is 0 Å². The van der Waals surface area contributed by atoms with E-state index in [1.54, 1.807) is 0 Å². The van der Waals surface area contributed by atoms with Crippen LogP contribution in [0.25, 0.3) is 0 Å². The van der Waals surface area contributed by atoms with Crippen LogP contribution in [0.15, 0.2) is 4.47 Å². The molecule has 1 aliphatic rings. The van der Waals surface area contributed by atoms with Crippen LogP contribution in [0.3, 0.4) is 0 Å². The average molecular weight is 273 g/mol. The van der Waals surface area contributed by atoms with Crippen LogP contribution in [0.1, 0.15) is 43.1 Å². The lowest BCUT2D eigenvalue weighted by molar-refractivity contribution is 0.683. The summed E-state index contributed by atoms with van der Waals surface area (Å²) in [6.07, 6.45) is 5.21. The van der Waals surface area contributed by atoms with E-state index in [-0.39, 0.29) is 0 Å². The molecule has 1 saturated carbocycles. The Labute approximate surface area is 97.3 Å². The highest BCUT2D eigenvalue weighted by molar-refractivity contribution is 9.10. The van der Waals surface area contributed by atoms with Crippen molar-refractivity contribution in [2.24, 2.45) is 0 Å². The fraction of sp³-hybridized carbons (Fsp3) is 0.600. The fourth-order valence-corrected chi connectivity index (χ4v) is 2.85. The Morgan fingerprint density at radius 1 is 1.43 bits per heavy atom. The van der Waals surface area contributed by atoms with E-state index >= 15 is 0 Å². The summed E-state index contributed by atoms with van der Waals surface area (Å²) in [7, 11) is 0. The first-order valence-electron chi connectivity index (χ1n) is 4.95. The quantitative estimate of drug-likeness (QED) is 0.787. The van der Waals surface area contributed by atoms with Crippen LogP contribution in [-0.4, -0.2) is 9.97 Å². The second-order valence-corrected chi connectivity index (χ2v) is 5.02. The second-order valence-electron chi connectivity index (χ2n) is 3.84. The first-order valence-corrected chi connectivity index (χ1v) is 6.15. The normalized spacial score (nSPS) is 17.6. The molecule has 2 nitrogen and oxygen atoms in total. The number of nitrogens with one attached hydrogen (secondary N) is 1. The SMILES string of the molecule is Cc1nc(=S)c(Br)c(C2CCCC2)[nH]1. The van der Waals surface area contributed by atoms with Crippen LogP contribution in [0.4, 0.5) is 0 Å². The Hall–Kier alpha value is -0.220. The molecule has 0 unspecified atom stereocenters. The number of hydrogen-bond acceptors (Lipinski definition) is 2. The van der Waals surface area contributed by atoms with Gasteiger partial charge < -0.3 is 4.98 Å². The molecule has 14 heavy (non-hydrogen) atoms. The van der Waals surface area contributed by atoms with E-state index in [0.29, 0.717) is 10.6 Å². The maximum atomic E-state index is 5.19. The highest BCUT2D eigenvalue weighted by Crippen LogP contribution is 2.36. The Balaban J connectivity index is 2.45. The van der Waals surface area contributed by atoms with E-state index < -0.39 is 0 Å². The van der Waals surface area contributed by atoms with Crippen molar-refractivity contribution in [1.82, 2.24) is 9.97 Å². The van der Waals surface area contributed by atoms with Crippen LogP contribution in [0.5, 0.6) is 0 Å². The molecule has 4 heteroatoms. The third-order valence-electron chi connectivity index (χ3n) is 2.77. The number of H-pyrrole nitrogens is 1. The highest BCUT2D eigenvalue weighted by Gasteiger charge is 2.20. The Morgan fingerprint density at radius 3 is 2.71 bits per heavy atom. The van der Waals surface area contributed by atoms with Gasteiger partial charge in [-0.15, -0.1) is 0 Å². The van der Waals surface area contributed by atoms with E-state index in [4.69, 9.17) is 12.2 Å². The van der Waals surface area contributed by atoms with Gasteiger partial charge in [0.05, 0.1) is 4.47 Å². The summed E-state index contributed by atoms with van der Waals surface area (Å²) in [5.74, 6) is 1.56. The first-order chi connectivity index (χ1) is 6.68. The van der Waals surface area contributed by atoms with Crippen LogP contribution in [-0.2, 0) is 0 Å². The van der Waals surface area contributed by atoms with Crippen LogP contribution in [0, 0.1) is 11.6 Å². The van der Waals surface area contributed by atoms with Gasteiger partial charge in [-0.25, -0.2) is 4.98 Å². The van der Waals surface area contributed by atoms with E-state index in [0.717, 1.165) is 10.3 Å². The molecule has 0 amide bonds. The van der Waals surface area contributed by atoms with Crippen molar-refractivity contribution >= 4 is 28.1 Å². The summed E-state index contributed by atoms with van der Waals surface area (Å²) in [5.41, 5.74) is 1.25. The van der Waals surface area contributed by atoms with Crippen LogP contribution in [0.2, 0.25) is 0 Å². The molecule has 1 aromatic rings. The van der Waals surface area contributed by atoms with Gasteiger partial charge in [0.2, 0.25) is 0 Å². The van der Waals surface area contributed by atoms with Gasteiger partial charge in [0.1, 0.15) is 10.5 Å². The maximum absolute atomic E-state index is 5.19. The average Bonchev–Trinajstić information content (AvgIpc) is 2.63. The van der Waals surface area contributed by atoms with Crippen LogP contribution >= 0.6 is 28.1 Å². The van der Waals surface area contributed by atoms with Gasteiger partial charge in [-0.3, -0.25) is 0 Å². The summed E-state index contributed by atoms with van der Waals surface area (Å²) in [4.78, 5) is 7.55. The summed E-state index contributed by atoms with van der Waals surface area (Å²) in [6, 6.07) is 0. The molecule has 0 aromatic carbocycles. The first kappa shape index (κ1) is 10.3. The number of aromatic amines is 1. The minimum absolute atomic E-state index is 0.646. The molecule has 0 bridgehead atoms. The zero-order valence-electron chi connectivity index (χ0n) is 8.14. The lowest BCUT2D eigenvalue weighted by atomic mass is 10.0. The molecule has 0 atom stereocenters. The van der Waals surface area contributed by atoms with Crippen molar-refractivity contribution in [2.45, 2.75) is 38.5 Å². The molecular weight excluding hydrogens is 260 g/mol. The van der Waals surface area contributed by atoms with Gasteiger partial charge in [-0.05, 0) is 35.7 Å². The Kier molecular flexibility index (Phi) is 3.02. The van der Waals surface area contributed by atoms with E-state index in [2.05, 4.69) is 25.9 Å². The third kappa shape index (κ3) is 1.91. The standard InChI is InChI=1S/C10H13BrN2S/c1-6-12-9(7-4-2-3-5-7)8(11)10(14)13-6/h7H,2-5H2,1H3,(H,12,13,14). The number of hydrogen-bond donors (Lipinski definition) is 1.